The SMILES string of the molecule is CC(=O)c1cccc(S(=O)(=O)N2CCC(C(=O)Nc3ccc(N4CCN(C)CC4)c(C)c3)CC2)c1. The van der Waals surface area contributed by atoms with E-state index in [2.05, 4.69) is 35.2 Å². The lowest BCUT2D eigenvalue weighted by Gasteiger charge is -2.35. The average Bonchev–Trinajstić information content (AvgIpc) is 2.85. The normalized spacial score (nSPS) is 18.4. The number of carbonyl (C=O) groups is 2. The summed E-state index contributed by atoms with van der Waals surface area (Å²) in [6.45, 7) is 8.07. The second kappa shape index (κ2) is 10.5. The van der Waals surface area contributed by atoms with Crippen LogP contribution in [0.25, 0.3) is 0 Å². The molecule has 2 aromatic rings. The van der Waals surface area contributed by atoms with Crippen LogP contribution in [0.1, 0.15) is 35.7 Å². The van der Waals surface area contributed by atoms with Gasteiger partial charge in [0.2, 0.25) is 15.9 Å². The number of hydrogen-bond acceptors (Lipinski definition) is 6. The molecule has 2 heterocycles. The fraction of sp³-hybridized carbons (Fsp3) is 0.462. The van der Waals surface area contributed by atoms with E-state index >= 15 is 0 Å². The van der Waals surface area contributed by atoms with Crippen molar-refractivity contribution in [1.82, 2.24) is 9.21 Å². The quantitative estimate of drug-likeness (QED) is 0.616. The Morgan fingerprint density at radius 1 is 0.943 bits per heavy atom. The van der Waals surface area contributed by atoms with Crippen LogP contribution in [0.4, 0.5) is 11.4 Å². The molecular weight excluding hydrogens is 464 g/mol. The second-order valence-corrected chi connectivity index (χ2v) is 11.5. The molecule has 2 aliphatic heterocycles. The predicted molar refractivity (Wildman–Crippen MR) is 137 cm³/mol. The van der Waals surface area contributed by atoms with Crippen molar-refractivity contribution in [2.75, 3.05) is 56.5 Å². The molecule has 0 aromatic heterocycles. The number of aryl methyl sites for hydroxylation is 1. The van der Waals surface area contributed by atoms with Gasteiger partial charge in [-0.1, -0.05) is 12.1 Å². The van der Waals surface area contributed by atoms with Gasteiger partial charge in [0.25, 0.3) is 0 Å². The first-order valence-corrected chi connectivity index (χ1v) is 13.6. The number of sulfonamides is 1. The number of piperazine rings is 1. The first-order chi connectivity index (χ1) is 16.6. The maximum Gasteiger partial charge on any atom is 0.243 e. The minimum Gasteiger partial charge on any atom is -0.369 e. The fourth-order valence-electron chi connectivity index (χ4n) is 4.76. The Balaban J connectivity index is 1.35. The van der Waals surface area contributed by atoms with Gasteiger partial charge in [0.1, 0.15) is 0 Å². The van der Waals surface area contributed by atoms with Gasteiger partial charge in [0.15, 0.2) is 5.78 Å². The highest BCUT2D eigenvalue weighted by molar-refractivity contribution is 7.89. The van der Waals surface area contributed by atoms with E-state index in [1.54, 1.807) is 12.1 Å². The summed E-state index contributed by atoms with van der Waals surface area (Å²) < 4.78 is 27.5. The van der Waals surface area contributed by atoms with E-state index in [0.717, 1.165) is 37.4 Å². The number of benzene rings is 2. The molecule has 0 aliphatic carbocycles. The number of piperidine rings is 1. The van der Waals surface area contributed by atoms with Crippen LogP contribution in [-0.4, -0.2) is 75.6 Å². The zero-order chi connectivity index (χ0) is 25.2. The Bertz CT molecular complexity index is 1200. The van der Waals surface area contributed by atoms with Gasteiger partial charge in [-0.15, -0.1) is 0 Å². The van der Waals surface area contributed by atoms with E-state index < -0.39 is 10.0 Å². The Morgan fingerprint density at radius 2 is 1.63 bits per heavy atom. The summed E-state index contributed by atoms with van der Waals surface area (Å²) in [5.74, 6) is -0.501. The van der Waals surface area contributed by atoms with Crippen molar-refractivity contribution in [3.63, 3.8) is 0 Å². The minimum absolute atomic E-state index is 0.0765. The van der Waals surface area contributed by atoms with Crippen molar-refractivity contribution in [3.8, 4) is 0 Å². The molecule has 0 unspecified atom stereocenters. The molecule has 0 radical (unpaired) electrons. The average molecular weight is 499 g/mol. The molecule has 0 atom stereocenters. The summed E-state index contributed by atoms with van der Waals surface area (Å²) in [6.07, 6.45) is 0.908. The number of likely N-dealkylation sites (N-methyl/N-ethyl adjacent to an activating group) is 1. The van der Waals surface area contributed by atoms with Gasteiger partial charge in [0.05, 0.1) is 4.90 Å². The third-order valence-electron chi connectivity index (χ3n) is 7.01. The monoisotopic (exact) mass is 498 g/mol. The zero-order valence-corrected chi connectivity index (χ0v) is 21.5. The summed E-state index contributed by atoms with van der Waals surface area (Å²) in [5.41, 5.74) is 3.46. The summed E-state index contributed by atoms with van der Waals surface area (Å²) in [5, 5.41) is 3.02. The number of rotatable bonds is 6. The molecule has 2 aromatic carbocycles. The zero-order valence-electron chi connectivity index (χ0n) is 20.7. The maximum atomic E-state index is 13.1. The van der Waals surface area contributed by atoms with E-state index in [9.17, 15) is 18.0 Å². The van der Waals surface area contributed by atoms with Gasteiger partial charge >= 0.3 is 0 Å². The molecule has 0 bridgehead atoms. The van der Waals surface area contributed by atoms with Crippen LogP contribution in [0.2, 0.25) is 0 Å². The largest absolute Gasteiger partial charge is 0.369 e. The molecule has 8 nitrogen and oxygen atoms in total. The second-order valence-electron chi connectivity index (χ2n) is 9.54. The van der Waals surface area contributed by atoms with Crippen molar-refractivity contribution in [1.29, 1.82) is 0 Å². The standard InChI is InChI=1S/C26H34N4O4S/c1-19-17-23(7-8-25(19)29-15-13-28(3)14-16-29)27-26(32)21-9-11-30(12-10-21)35(33,34)24-6-4-5-22(18-24)20(2)31/h4-8,17-18,21H,9-16H2,1-3H3,(H,27,32). The highest BCUT2D eigenvalue weighted by atomic mass is 32.2. The first-order valence-electron chi connectivity index (χ1n) is 12.1. The molecule has 2 fully saturated rings. The lowest BCUT2D eigenvalue weighted by Crippen LogP contribution is -2.44. The van der Waals surface area contributed by atoms with Gasteiger partial charge in [-0.05, 0) is 69.6 Å². The first kappa shape index (κ1) is 25.3. The number of amides is 1. The number of nitrogens with zero attached hydrogens (tertiary/aromatic N) is 3. The van der Waals surface area contributed by atoms with E-state index in [-0.39, 0.29) is 35.6 Å². The van der Waals surface area contributed by atoms with Crippen LogP contribution in [0.3, 0.4) is 0 Å². The number of nitrogens with one attached hydrogen (secondary N) is 1. The van der Waals surface area contributed by atoms with Gasteiger partial charge in [-0.3, -0.25) is 9.59 Å². The topological polar surface area (TPSA) is 90.0 Å². The van der Waals surface area contributed by atoms with Crippen LogP contribution in [-0.2, 0) is 14.8 Å². The van der Waals surface area contributed by atoms with Crippen molar-refractivity contribution in [2.24, 2.45) is 5.92 Å². The number of carbonyl (C=O) groups excluding carboxylic acids is 2. The Labute approximate surface area is 207 Å². The molecule has 188 valence electrons. The summed E-state index contributed by atoms with van der Waals surface area (Å²) in [7, 11) is -1.58. The molecule has 35 heavy (non-hydrogen) atoms. The number of ketones is 1. The summed E-state index contributed by atoms with van der Waals surface area (Å²) in [4.78, 5) is 29.4. The lowest BCUT2D eigenvalue weighted by atomic mass is 9.97. The van der Waals surface area contributed by atoms with E-state index in [0.29, 0.717) is 18.4 Å². The minimum atomic E-state index is -3.71. The smallest absolute Gasteiger partial charge is 0.243 e. The lowest BCUT2D eigenvalue weighted by molar-refractivity contribution is -0.120. The van der Waals surface area contributed by atoms with Gasteiger partial charge in [0, 0.05) is 62.1 Å². The van der Waals surface area contributed by atoms with Crippen LogP contribution in [0.5, 0.6) is 0 Å². The van der Waals surface area contributed by atoms with E-state index in [1.807, 2.05) is 12.1 Å². The summed E-state index contributed by atoms with van der Waals surface area (Å²) in [6, 6.07) is 12.1. The third kappa shape index (κ3) is 5.74. The van der Waals surface area contributed by atoms with Gasteiger partial charge in [-0.25, -0.2) is 8.42 Å². The maximum absolute atomic E-state index is 13.1. The highest BCUT2D eigenvalue weighted by Crippen LogP contribution is 2.28. The Hall–Kier alpha value is -2.75. The van der Waals surface area contributed by atoms with Crippen molar-refractivity contribution < 1.29 is 18.0 Å². The molecule has 1 N–H and O–H groups in total. The predicted octanol–water partition coefficient (Wildman–Crippen LogP) is 2.99. The van der Waals surface area contributed by atoms with Crippen LogP contribution >= 0.6 is 0 Å². The third-order valence-corrected chi connectivity index (χ3v) is 8.91. The van der Waals surface area contributed by atoms with Crippen LogP contribution < -0.4 is 10.2 Å². The fourth-order valence-corrected chi connectivity index (χ4v) is 6.28. The molecule has 4 rings (SSSR count). The molecule has 0 spiro atoms. The van der Waals surface area contributed by atoms with Crippen molar-refractivity contribution in [2.45, 2.75) is 31.6 Å². The molecule has 9 heteroatoms. The Kier molecular flexibility index (Phi) is 7.59. The number of hydrogen-bond donors (Lipinski definition) is 1. The van der Waals surface area contributed by atoms with Crippen molar-refractivity contribution >= 4 is 33.1 Å². The van der Waals surface area contributed by atoms with E-state index in [4.69, 9.17) is 0 Å². The Morgan fingerprint density at radius 3 is 2.26 bits per heavy atom. The molecule has 2 aliphatic rings. The number of Topliss-reactive ketones (excluding diaryl/α,β-unsaturated/α-hetero) is 1. The molecule has 2 saturated heterocycles. The molecule has 0 saturated carbocycles. The van der Waals surface area contributed by atoms with E-state index in [1.165, 1.54) is 29.0 Å². The van der Waals surface area contributed by atoms with Crippen molar-refractivity contribution in [3.05, 3.63) is 53.6 Å². The molecular formula is C26H34N4O4S. The number of anilines is 2. The van der Waals surface area contributed by atoms with Gasteiger partial charge in [-0.2, -0.15) is 4.31 Å². The van der Waals surface area contributed by atoms with Crippen LogP contribution in [0, 0.1) is 12.8 Å². The highest BCUT2D eigenvalue weighted by Gasteiger charge is 2.32. The van der Waals surface area contributed by atoms with Gasteiger partial charge < -0.3 is 15.1 Å². The molecule has 1 amide bonds. The summed E-state index contributed by atoms with van der Waals surface area (Å²) >= 11 is 0. The van der Waals surface area contributed by atoms with Crippen LogP contribution in [0.15, 0.2) is 47.4 Å².